The largest absolute Gasteiger partial charge is 0.496 e. The highest BCUT2D eigenvalue weighted by Gasteiger charge is 2.13. The third kappa shape index (κ3) is 8.61. The van der Waals surface area contributed by atoms with Crippen LogP contribution in [0.5, 0.6) is 11.5 Å². The molecule has 1 unspecified atom stereocenters. The molecular formula is C31H40O5S. The quantitative estimate of drug-likeness (QED) is 0.119. The van der Waals surface area contributed by atoms with Crippen molar-refractivity contribution in [2.45, 2.75) is 58.8 Å². The van der Waals surface area contributed by atoms with E-state index in [2.05, 4.69) is 49.9 Å². The van der Waals surface area contributed by atoms with E-state index in [4.69, 9.17) is 14.2 Å². The number of aliphatic hydroxyl groups is 1. The van der Waals surface area contributed by atoms with Gasteiger partial charge in [-0.1, -0.05) is 32.4 Å². The molecule has 0 spiro atoms. The molecule has 1 N–H and O–H groups in total. The van der Waals surface area contributed by atoms with Crippen molar-refractivity contribution < 1.29 is 24.1 Å². The average molecular weight is 525 g/mol. The molecule has 0 fully saturated rings. The Kier molecular flexibility index (Phi) is 11.5. The minimum atomic E-state index is -0.355. The van der Waals surface area contributed by atoms with Crippen LogP contribution in [-0.2, 0) is 16.0 Å². The number of thiophene rings is 1. The molecule has 0 saturated carbocycles. The first-order valence-electron chi connectivity index (χ1n) is 13.2. The average Bonchev–Trinajstić information content (AvgIpc) is 3.33. The Balaban J connectivity index is 1.58. The van der Waals surface area contributed by atoms with Crippen molar-refractivity contribution in [3.63, 3.8) is 0 Å². The van der Waals surface area contributed by atoms with Gasteiger partial charge in [0.2, 0.25) is 0 Å². The zero-order chi connectivity index (χ0) is 26.6. The third-order valence-corrected chi connectivity index (χ3v) is 7.56. The summed E-state index contributed by atoms with van der Waals surface area (Å²) in [7, 11) is 1.74. The van der Waals surface area contributed by atoms with Crippen molar-refractivity contribution in [1.29, 1.82) is 0 Å². The fraction of sp³-hybridized carbons (Fsp3) is 0.452. The van der Waals surface area contributed by atoms with Crippen molar-refractivity contribution in [3.05, 3.63) is 60.2 Å². The maximum absolute atomic E-state index is 11.4. The van der Waals surface area contributed by atoms with Crippen molar-refractivity contribution in [2.24, 2.45) is 5.92 Å². The van der Waals surface area contributed by atoms with E-state index < -0.39 is 0 Å². The summed E-state index contributed by atoms with van der Waals surface area (Å²) in [4.78, 5) is 12.6. The number of hydrogen-bond acceptors (Lipinski definition) is 6. The van der Waals surface area contributed by atoms with Crippen molar-refractivity contribution in [1.82, 2.24) is 0 Å². The summed E-state index contributed by atoms with van der Waals surface area (Å²) >= 11 is 1.73. The highest BCUT2D eigenvalue weighted by molar-refractivity contribution is 7.22. The van der Waals surface area contributed by atoms with Crippen LogP contribution in [0, 0.1) is 5.92 Å². The summed E-state index contributed by atoms with van der Waals surface area (Å²) in [5, 5.41) is 10.9. The van der Waals surface area contributed by atoms with Crippen LogP contribution in [0.1, 0.15) is 57.9 Å². The molecule has 0 amide bonds. The van der Waals surface area contributed by atoms with Crippen molar-refractivity contribution >= 4 is 27.4 Å². The van der Waals surface area contributed by atoms with Gasteiger partial charge in [-0.05, 0) is 86.4 Å². The lowest BCUT2D eigenvalue weighted by Gasteiger charge is -2.15. The van der Waals surface area contributed by atoms with Crippen LogP contribution in [0.4, 0.5) is 0 Å². The van der Waals surface area contributed by atoms with Crippen LogP contribution in [0.15, 0.2) is 54.6 Å². The van der Waals surface area contributed by atoms with E-state index in [-0.39, 0.29) is 18.5 Å². The van der Waals surface area contributed by atoms with E-state index in [0.717, 1.165) is 47.4 Å². The maximum atomic E-state index is 11.4. The van der Waals surface area contributed by atoms with Crippen molar-refractivity contribution in [2.75, 3.05) is 26.9 Å². The van der Waals surface area contributed by atoms with E-state index in [1.165, 1.54) is 35.1 Å². The molecule has 37 heavy (non-hydrogen) atoms. The predicted molar refractivity (Wildman–Crippen MR) is 153 cm³/mol. The molecule has 6 heteroatoms. The number of ether oxygens (including phenoxy) is 3. The van der Waals surface area contributed by atoms with Gasteiger partial charge in [-0.15, -0.1) is 11.3 Å². The molecule has 5 nitrogen and oxygen atoms in total. The van der Waals surface area contributed by atoms with Crippen LogP contribution in [0.25, 0.3) is 20.5 Å². The maximum Gasteiger partial charge on any atom is 0.333 e. The Bertz CT molecular complexity index is 1170. The van der Waals surface area contributed by atoms with Gasteiger partial charge >= 0.3 is 5.97 Å². The van der Waals surface area contributed by atoms with Crippen LogP contribution < -0.4 is 9.47 Å². The minimum absolute atomic E-state index is 0.0338. The Labute approximate surface area is 225 Å². The first kappa shape index (κ1) is 28.7. The molecule has 1 atom stereocenters. The number of aliphatic hydroxyl groups excluding tert-OH is 1. The number of carbonyl (C=O) groups is 1. The molecule has 3 rings (SSSR count). The fourth-order valence-electron chi connectivity index (χ4n) is 4.17. The van der Waals surface area contributed by atoms with Gasteiger partial charge in [-0.3, -0.25) is 0 Å². The Hall–Kier alpha value is -2.83. The Morgan fingerprint density at radius 2 is 1.92 bits per heavy atom. The number of benzene rings is 2. The Morgan fingerprint density at radius 1 is 1.08 bits per heavy atom. The molecule has 0 aliphatic carbocycles. The zero-order valence-electron chi connectivity index (χ0n) is 22.4. The predicted octanol–water partition coefficient (Wildman–Crippen LogP) is 7.59. The van der Waals surface area contributed by atoms with Gasteiger partial charge in [-0.2, -0.15) is 0 Å². The molecular weight excluding hydrogens is 484 g/mol. The second-order valence-electron chi connectivity index (χ2n) is 9.57. The van der Waals surface area contributed by atoms with Gasteiger partial charge < -0.3 is 19.3 Å². The number of esters is 1. The number of unbranched alkanes of at least 4 members (excludes halogenated alkanes) is 3. The van der Waals surface area contributed by atoms with Gasteiger partial charge in [0, 0.05) is 33.2 Å². The van der Waals surface area contributed by atoms with Gasteiger partial charge in [0.1, 0.15) is 11.5 Å². The molecule has 200 valence electrons. The van der Waals surface area contributed by atoms with Crippen LogP contribution in [0.2, 0.25) is 0 Å². The first-order valence-corrected chi connectivity index (χ1v) is 14.0. The Morgan fingerprint density at radius 3 is 2.65 bits per heavy atom. The number of carbonyl (C=O) groups excluding carboxylic acids is 1. The smallest absolute Gasteiger partial charge is 0.333 e. The van der Waals surface area contributed by atoms with E-state index in [9.17, 15) is 9.90 Å². The molecule has 1 aromatic heterocycles. The van der Waals surface area contributed by atoms with E-state index in [1.54, 1.807) is 25.4 Å². The molecule has 1 heterocycles. The second kappa shape index (κ2) is 14.8. The molecule has 3 aromatic rings. The third-order valence-electron chi connectivity index (χ3n) is 6.42. The number of rotatable bonds is 16. The topological polar surface area (TPSA) is 65.0 Å². The summed E-state index contributed by atoms with van der Waals surface area (Å²) in [6.07, 6.45) is 7.16. The normalized spacial score (nSPS) is 11.9. The highest BCUT2D eigenvalue weighted by Crippen LogP contribution is 2.40. The lowest BCUT2D eigenvalue weighted by Crippen LogP contribution is -2.16. The first-order chi connectivity index (χ1) is 17.9. The second-order valence-corrected chi connectivity index (χ2v) is 10.7. The number of aryl methyl sites for hydroxylation is 1. The molecule has 2 aromatic carbocycles. The fourth-order valence-corrected chi connectivity index (χ4v) is 5.29. The zero-order valence-corrected chi connectivity index (χ0v) is 23.2. The number of hydrogen-bond donors (Lipinski definition) is 1. The molecule has 0 aliphatic heterocycles. The van der Waals surface area contributed by atoms with Gasteiger partial charge in [0.15, 0.2) is 0 Å². The monoisotopic (exact) mass is 524 g/mol. The van der Waals surface area contributed by atoms with Crippen LogP contribution >= 0.6 is 11.3 Å². The van der Waals surface area contributed by atoms with E-state index in [1.807, 2.05) is 6.07 Å². The lowest BCUT2D eigenvalue weighted by atomic mass is 10.0. The van der Waals surface area contributed by atoms with Gasteiger partial charge in [-0.25, -0.2) is 4.79 Å². The van der Waals surface area contributed by atoms with Crippen molar-refractivity contribution in [3.8, 4) is 21.9 Å². The summed E-state index contributed by atoms with van der Waals surface area (Å²) in [5.74, 6) is 1.39. The van der Waals surface area contributed by atoms with Crippen LogP contribution in [0.3, 0.4) is 0 Å². The lowest BCUT2D eigenvalue weighted by molar-refractivity contribution is -0.139. The minimum Gasteiger partial charge on any atom is -0.496 e. The summed E-state index contributed by atoms with van der Waals surface area (Å²) < 4.78 is 18.1. The SMILES string of the molecule is C=C(C)C(=O)OCCCCC(CO)COc1ccc2cc(-c3ccc(CCCCC)cc3OC)sc2c1. The van der Waals surface area contributed by atoms with Gasteiger partial charge in [0.05, 0.1) is 20.3 Å². The molecule has 0 radical (unpaired) electrons. The van der Waals surface area contributed by atoms with E-state index >= 15 is 0 Å². The van der Waals surface area contributed by atoms with Crippen LogP contribution in [-0.4, -0.2) is 38.0 Å². The molecule has 0 aliphatic rings. The summed E-state index contributed by atoms with van der Waals surface area (Å²) in [6.45, 7) is 8.31. The molecule has 0 saturated heterocycles. The standard InChI is InChI=1S/C31H40O5S/c1-5-6-7-10-23-12-15-27(28(17-23)34-4)30-18-25-13-14-26(19-29(25)37-30)36-21-24(20-32)11-8-9-16-35-31(33)22(2)3/h12-15,17-19,24,32H,2,5-11,16,20-21H2,1,3-4H3. The number of methoxy groups -OCH3 is 1. The summed E-state index contributed by atoms with van der Waals surface area (Å²) in [6, 6.07) is 14.9. The van der Waals surface area contributed by atoms with E-state index in [0.29, 0.717) is 18.8 Å². The highest BCUT2D eigenvalue weighted by atomic mass is 32.1. The number of fused-ring (bicyclic) bond motifs is 1. The molecule has 0 bridgehead atoms. The van der Waals surface area contributed by atoms with Gasteiger partial charge in [0.25, 0.3) is 0 Å². The summed E-state index contributed by atoms with van der Waals surface area (Å²) in [5.41, 5.74) is 2.84.